The predicted octanol–water partition coefficient (Wildman–Crippen LogP) is 9.86. The fourth-order valence-corrected chi connectivity index (χ4v) is 5.45. The molecule has 0 bridgehead atoms. The molecule has 1 heterocycles. The van der Waals surface area contributed by atoms with Gasteiger partial charge in [0.15, 0.2) is 0 Å². The number of rotatable bonds is 8. The van der Waals surface area contributed by atoms with Gasteiger partial charge in [0.1, 0.15) is 11.5 Å². The molecule has 232 valence electrons. The van der Waals surface area contributed by atoms with Gasteiger partial charge >= 0.3 is 0 Å². The SMILES string of the molecule is COc1ccc(C=Nc2ccc3c(c2)C(c2ccccc2)=Nc2ccc(N=Cc4ccc(OC)cc4)cc2C(c2ccccc2)=N3)cc1. The largest absolute Gasteiger partial charge is 0.497 e. The van der Waals surface area contributed by atoms with Crippen molar-refractivity contribution in [3.63, 3.8) is 0 Å². The Bertz CT molecular complexity index is 2010. The third-order valence-corrected chi connectivity index (χ3v) is 7.99. The minimum Gasteiger partial charge on any atom is -0.497 e. The van der Waals surface area contributed by atoms with Crippen LogP contribution in [0.5, 0.6) is 11.5 Å². The number of hydrogen-bond acceptors (Lipinski definition) is 6. The number of nitrogens with zero attached hydrogens (tertiary/aromatic N) is 4. The molecule has 1 aliphatic heterocycles. The first kappa shape index (κ1) is 30.3. The molecule has 0 radical (unpaired) electrons. The molecular formula is C42H32N4O2. The van der Waals surface area contributed by atoms with Crippen LogP contribution in [0.25, 0.3) is 0 Å². The molecule has 0 fully saturated rings. The summed E-state index contributed by atoms with van der Waals surface area (Å²) in [5.74, 6) is 1.61. The lowest BCUT2D eigenvalue weighted by atomic mass is 9.95. The molecular weight excluding hydrogens is 592 g/mol. The molecule has 0 saturated heterocycles. The first-order valence-corrected chi connectivity index (χ1v) is 15.6. The number of hydrogen-bond donors (Lipinski definition) is 0. The molecule has 1 aliphatic rings. The lowest BCUT2D eigenvalue weighted by molar-refractivity contribution is 0.414. The van der Waals surface area contributed by atoms with Crippen LogP contribution in [0.3, 0.4) is 0 Å². The molecule has 6 aromatic rings. The van der Waals surface area contributed by atoms with Gasteiger partial charge in [0.25, 0.3) is 0 Å². The zero-order valence-corrected chi connectivity index (χ0v) is 26.6. The molecule has 0 aliphatic carbocycles. The Hall–Kier alpha value is -6.40. The fourth-order valence-electron chi connectivity index (χ4n) is 5.45. The van der Waals surface area contributed by atoms with E-state index in [0.29, 0.717) is 0 Å². The molecule has 0 N–H and O–H groups in total. The third kappa shape index (κ3) is 6.73. The van der Waals surface area contributed by atoms with Crippen molar-refractivity contribution >= 4 is 46.6 Å². The zero-order chi connectivity index (χ0) is 32.7. The lowest BCUT2D eigenvalue weighted by Crippen LogP contribution is -2.10. The molecule has 6 heteroatoms. The monoisotopic (exact) mass is 624 g/mol. The Kier molecular flexibility index (Phi) is 8.78. The van der Waals surface area contributed by atoms with Gasteiger partial charge in [0.2, 0.25) is 0 Å². The van der Waals surface area contributed by atoms with Gasteiger partial charge in [0, 0.05) is 34.7 Å². The minimum atomic E-state index is 0.800. The summed E-state index contributed by atoms with van der Waals surface area (Å²) in [6, 6.07) is 48.2. The Labute approximate surface area is 280 Å². The molecule has 0 amide bonds. The Morgan fingerprint density at radius 2 is 0.854 bits per heavy atom. The van der Waals surface area contributed by atoms with Crippen LogP contribution < -0.4 is 9.47 Å². The Balaban J connectivity index is 1.36. The maximum atomic E-state index is 5.35. The normalized spacial score (nSPS) is 12.5. The van der Waals surface area contributed by atoms with Crippen molar-refractivity contribution in [3.05, 3.63) is 179 Å². The highest BCUT2D eigenvalue weighted by Crippen LogP contribution is 2.36. The predicted molar refractivity (Wildman–Crippen MR) is 197 cm³/mol. The van der Waals surface area contributed by atoms with E-state index < -0.39 is 0 Å². The van der Waals surface area contributed by atoms with Gasteiger partial charge in [-0.2, -0.15) is 0 Å². The Morgan fingerprint density at radius 1 is 0.458 bits per heavy atom. The van der Waals surface area contributed by atoms with Crippen LogP contribution in [0.1, 0.15) is 33.4 Å². The number of methoxy groups -OCH3 is 2. The van der Waals surface area contributed by atoms with Gasteiger partial charge in [-0.3, -0.25) is 9.98 Å². The maximum absolute atomic E-state index is 5.35. The van der Waals surface area contributed by atoms with Crippen molar-refractivity contribution in [1.82, 2.24) is 0 Å². The first-order chi connectivity index (χ1) is 23.7. The number of benzene rings is 6. The van der Waals surface area contributed by atoms with Crippen molar-refractivity contribution in [2.24, 2.45) is 20.0 Å². The van der Waals surface area contributed by atoms with Crippen molar-refractivity contribution in [2.45, 2.75) is 0 Å². The van der Waals surface area contributed by atoms with E-state index in [1.165, 1.54) is 0 Å². The van der Waals surface area contributed by atoms with Gasteiger partial charge in [-0.25, -0.2) is 9.98 Å². The van der Waals surface area contributed by atoms with Gasteiger partial charge in [-0.1, -0.05) is 60.7 Å². The summed E-state index contributed by atoms with van der Waals surface area (Å²) < 4.78 is 10.6. The molecule has 48 heavy (non-hydrogen) atoms. The van der Waals surface area contributed by atoms with Crippen molar-refractivity contribution in [1.29, 1.82) is 0 Å². The van der Waals surface area contributed by atoms with Crippen LogP contribution in [0.2, 0.25) is 0 Å². The van der Waals surface area contributed by atoms with Crippen molar-refractivity contribution in [3.8, 4) is 11.5 Å². The van der Waals surface area contributed by atoms with Crippen LogP contribution in [0.15, 0.2) is 166 Å². The highest BCUT2D eigenvalue weighted by atomic mass is 16.5. The molecule has 0 saturated carbocycles. The average Bonchev–Trinajstić information content (AvgIpc) is 3.15. The highest BCUT2D eigenvalue weighted by Gasteiger charge is 2.21. The van der Waals surface area contributed by atoms with E-state index in [1.807, 2.05) is 122 Å². The second kappa shape index (κ2) is 13.9. The minimum absolute atomic E-state index is 0.800. The molecule has 0 atom stereocenters. The van der Waals surface area contributed by atoms with E-state index in [1.54, 1.807) is 14.2 Å². The molecule has 7 rings (SSSR count). The van der Waals surface area contributed by atoms with E-state index in [0.717, 1.165) is 79.1 Å². The maximum Gasteiger partial charge on any atom is 0.118 e. The van der Waals surface area contributed by atoms with Crippen molar-refractivity contribution < 1.29 is 9.47 Å². The van der Waals surface area contributed by atoms with E-state index in [-0.39, 0.29) is 0 Å². The Morgan fingerprint density at radius 3 is 1.23 bits per heavy atom. The van der Waals surface area contributed by atoms with Crippen LogP contribution in [0, 0.1) is 0 Å². The number of aliphatic imine (C=N–C) groups is 4. The van der Waals surface area contributed by atoms with Crippen LogP contribution in [-0.2, 0) is 0 Å². The van der Waals surface area contributed by atoms with Gasteiger partial charge in [-0.05, 0) is 96.1 Å². The summed E-state index contributed by atoms with van der Waals surface area (Å²) in [6.07, 6.45) is 3.71. The fraction of sp³-hybridized carbons (Fsp3) is 0.0476. The topological polar surface area (TPSA) is 67.9 Å². The molecule has 6 aromatic carbocycles. The molecule has 0 spiro atoms. The molecule has 0 aromatic heterocycles. The third-order valence-electron chi connectivity index (χ3n) is 7.99. The zero-order valence-electron chi connectivity index (χ0n) is 26.6. The quantitative estimate of drug-likeness (QED) is 0.158. The lowest BCUT2D eigenvalue weighted by Gasteiger charge is -2.19. The van der Waals surface area contributed by atoms with E-state index >= 15 is 0 Å². The van der Waals surface area contributed by atoms with E-state index in [2.05, 4.69) is 36.4 Å². The van der Waals surface area contributed by atoms with Gasteiger partial charge < -0.3 is 9.47 Å². The number of fused-ring (bicyclic) bond motifs is 2. The smallest absolute Gasteiger partial charge is 0.118 e. The van der Waals surface area contributed by atoms with E-state index in [9.17, 15) is 0 Å². The first-order valence-electron chi connectivity index (χ1n) is 15.6. The molecule has 6 nitrogen and oxygen atoms in total. The average molecular weight is 625 g/mol. The van der Waals surface area contributed by atoms with Crippen LogP contribution in [-0.4, -0.2) is 38.1 Å². The second-order valence-electron chi connectivity index (χ2n) is 11.1. The summed E-state index contributed by atoms with van der Waals surface area (Å²) in [5.41, 5.74) is 10.6. The van der Waals surface area contributed by atoms with Crippen molar-refractivity contribution in [2.75, 3.05) is 14.2 Å². The number of ether oxygens (including phenoxy) is 2. The summed E-state index contributed by atoms with van der Waals surface area (Å²) in [4.78, 5) is 20.3. The van der Waals surface area contributed by atoms with Crippen LogP contribution >= 0.6 is 0 Å². The summed E-state index contributed by atoms with van der Waals surface area (Å²) in [6.45, 7) is 0. The summed E-state index contributed by atoms with van der Waals surface area (Å²) in [7, 11) is 3.32. The standard InChI is InChI=1S/C42H32N4O2/c1-47-35-19-13-29(14-20-35)27-43-33-17-23-39-37(25-33)41(31-9-5-3-6-10-31)46-40-24-18-34(44-28-30-15-21-36(48-2)22-16-30)26-38(40)42(45-39)32-11-7-4-8-12-32/h3-28H,1-2H3. The van der Waals surface area contributed by atoms with Gasteiger partial charge in [-0.15, -0.1) is 0 Å². The van der Waals surface area contributed by atoms with E-state index in [4.69, 9.17) is 29.4 Å². The second-order valence-corrected chi connectivity index (χ2v) is 11.1. The summed E-state index contributed by atoms with van der Waals surface area (Å²) >= 11 is 0. The summed E-state index contributed by atoms with van der Waals surface area (Å²) in [5, 5.41) is 0. The highest BCUT2D eigenvalue weighted by molar-refractivity contribution is 6.23. The molecule has 0 unspecified atom stereocenters. The van der Waals surface area contributed by atoms with Gasteiger partial charge in [0.05, 0.1) is 48.4 Å². The van der Waals surface area contributed by atoms with Crippen LogP contribution in [0.4, 0.5) is 22.7 Å².